The van der Waals surface area contributed by atoms with E-state index < -0.39 is 0 Å². The smallest absolute Gasteiger partial charge is 0.0464 e. The van der Waals surface area contributed by atoms with Crippen LogP contribution in [0.5, 0.6) is 0 Å². The highest BCUT2D eigenvalue weighted by Gasteiger charge is 2.15. The summed E-state index contributed by atoms with van der Waals surface area (Å²) in [5, 5.41) is 0. The summed E-state index contributed by atoms with van der Waals surface area (Å²) < 4.78 is 0. The van der Waals surface area contributed by atoms with E-state index in [4.69, 9.17) is 0 Å². The molecule has 0 bridgehead atoms. The molecule has 0 radical (unpaired) electrons. The SMILES string of the molecule is CC1=CC(N(c2ccccc2)c2cccc(C)c2)=CCC1. The third-order valence-electron chi connectivity index (χ3n) is 3.82. The van der Waals surface area contributed by atoms with Crippen molar-refractivity contribution in [2.24, 2.45) is 0 Å². The number of rotatable bonds is 3. The Morgan fingerprint density at radius 1 is 0.857 bits per heavy atom. The average Bonchev–Trinajstić information content (AvgIpc) is 2.49. The Labute approximate surface area is 127 Å². The van der Waals surface area contributed by atoms with Gasteiger partial charge in [0.05, 0.1) is 0 Å². The van der Waals surface area contributed by atoms with Gasteiger partial charge in [-0.2, -0.15) is 0 Å². The first-order chi connectivity index (χ1) is 10.2. The van der Waals surface area contributed by atoms with Gasteiger partial charge in [0.25, 0.3) is 0 Å². The van der Waals surface area contributed by atoms with Crippen molar-refractivity contribution in [3.63, 3.8) is 0 Å². The van der Waals surface area contributed by atoms with Crippen LogP contribution in [0, 0.1) is 6.92 Å². The summed E-state index contributed by atoms with van der Waals surface area (Å²) in [5.74, 6) is 0. The fraction of sp³-hybridized carbons (Fsp3) is 0.200. The quantitative estimate of drug-likeness (QED) is 0.688. The lowest BCUT2D eigenvalue weighted by Crippen LogP contribution is -2.16. The van der Waals surface area contributed by atoms with Crippen LogP contribution in [-0.2, 0) is 0 Å². The lowest BCUT2D eigenvalue weighted by atomic mass is 10.0. The van der Waals surface area contributed by atoms with E-state index in [0.29, 0.717) is 0 Å². The van der Waals surface area contributed by atoms with Gasteiger partial charge in [-0.05, 0) is 62.6 Å². The minimum atomic E-state index is 1.12. The molecule has 0 aliphatic heterocycles. The molecule has 0 atom stereocenters. The molecule has 0 N–H and O–H groups in total. The number of hydrogen-bond donors (Lipinski definition) is 0. The zero-order valence-electron chi connectivity index (χ0n) is 12.7. The predicted molar refractivity (Wildman–Crippen MR) is 90.8 cm³/mol. The highest BCUT2D eigenvalue weighted by molar-refractivity contribution is 5.70. The maximum atomic E-state index is 2.34. The number of hydrogen-bond acceptors (Lipinski definition) is 1. The summed E-state index contributed by atoms with van der Waals surface area (Å²) in [5.41, 5.74) is 6.43. The van der Waals surface area contributed by atoms with E-state index in [2.05, 4.69) is 85.5 Å². The summed E-state index contributed by atoms with van der Waals surface area (Å²) in [4.78, 5) is 2.34. The minimum Gasteiger partial charge on any atom is -0.311 e. The molecule has 3 rings (SSSR count). The fourth-order valence-corrected chi connectivity index (χ4v) is 2.78. The zero-order chi connectivity index (χ0) is 14.7. The van der Waals surface area contributed by atoms with Crippen molar-refractivity contribution in [3.05, 3.63) is 83.6 Å². The number of anilines is 2. The van der Waals surface area contributed by atoms with E-state index >= 15 is 0 Å². The molecule has 1 aliphatic rings. The van der Waals surface area contributed by atoms with Gasteiger partial charge in [-0.15, -0.1) is 0 Å². The van der Waals surface area contributed by atoms with Crippen molar-refractivity contribution >= 4 is 11.4 Å². The average molecular weight is 275 g/mol. The second-order valence-corrected chi connectivity index (χ2v) is 5.67. The molecular weight excluding hydrogens is 254 g/mol. The molecule has 21 heavy (non-hydrogen) atoms. The monoisotopic (exact) mass is 275 g/mol. The van der Waals surface area contributed by atoms with Gasteiger partial charge in [-0.1, -0.05) is 42.0 Å². The molecule has 0 aromatic heterocycles. The molecule has 0 saturated carbocycles. The Balaban J connectivity index is 2.10. The summed E-state index contributed by atoms with van der Waals surface area (Å²) in [7, 11) is 0. The van der Waals surface area contributed by atoms with Gasteiger partial charge < -0.3 is 4.90 Å². The zero-order valence-corrected chi connectivity index (χ0v) is 12.7. The maximum absolute atomic E-state index is 2.34. The summed E-state index contributed by atoms with van der Waals surface area (Å²) in [6.07, 6.45) is 6.92. The van der Waals surface area contributed by atoms with Crippen LogP contribution in [-0.4, -0.2) is 0 Å². The van der Waals surface area contributed by atoms with Crippen LogP contribution in [0.3, 0.4) is 0 Å². The number of aryl methyl sites for hydroxylation is 1. The molecule has 0 spiro atoms. The minimum absolute atomic E-state index is 1.12. The topological polar surface area (TPSA) is 3.24 Å². The highest BCUT2D eigenvalue weighted by Crippen LogP contribution is 2.33. The molecule has 0 fully saturated rings. The lowest BCUT2D eigenvalue weighted by Gasteiger charge is -2.28. The van der Waals surface area contributed by atoms with Crippen LogP contribution in [0.25, 0.3) is 0 Å². The van der Waals surface area contributed by atoms with Crippen LogP contribution >= 0.6 is 0 Å². The van der Waals surface area contributed by atoms with Crippen molar-refractivity contribution in [3.8, 4) is 0 Å². The molecule has 0 amide bonds. The molecule has 0 unspecified atom stereocenters. The second kappa shape index (κ2) is 6.01. The van der Waals surface area contributed by atoms with Gasteiger partial charge >= 0.3 is 0 Å². The summed E-state index contributed by atoms with van der Waals surface area (Å²) in [6.45, 7) is 4.36. The molecule has 106 valence electrons. The Morgan fingerprint density at radius 2 is 1.62 bits per heavy atom. The van der Waals surface area contributed by atoms with Crippen molar-refractivity contribution < 1.29 is 0 Å². The van der Waals surface area contributed by atoms with Gasteiger partial charge in [-0.25, -0.2) is 0 Å². The normalized spacial score (nSPS) is 14.4. The predicted octanol–water partition coefficient (Wildman–Crippen LogP) is 5.76. The van der Waals surface area contributed by atoms with Crippen LogP contribution < -0.4 is 4.90 Å². The van der Waals surface area contributed by atoms with E-state index in [1.165, 1.54) is 34.6 Å². The molecule has 1 aliphatic carbocycles. The van der Waals surface area contributed by atoms with Crippen molar-refractivity contribution in [2.75, 3.05) is 4.90 Å². The number of allylic oxidation sites excluding steroid dienone is 3. The summed E-state index contributed by atoms with van der Waals surface area (Å²) in [6, 6.07) is 19.3. The molecule has 1 heteroatoms. The van der Waals surface area contributed by atoms with Gasteiger partial charge in [0.15, 0.2) is 0 Å². The fourth-order valence-electron chi connectivity index (χ4n) is 2.78. The molecule has 1 nitrogen and oxygen atoms in total. The van der Waals surface area contributed by atoms with E-state index in [-0.39, 0.29) is 0 Å². The highest BCUT2D eigenvalue weighted by atomic mass is 15.1. The van der Waals surface area contributed by atoms with Gasteiger partial charge in [0.2, 0.25) is 0 Å². The summed E-state index contributed by atoms with van der Waals surface area (Å²) >= 11 is 0. The first-order valence-electron chi connectivity index (χ1n) is 7.53. The van der Waals surface area contributed by atoms with E-state index in [9.17, 15) is 0 Å². The Hall–Kier alpha value is -2.28. The lowest BCUT2D eigenvalue weighted by molar-refractivity contribution is 0.933. The Bertz CT molecular complexity index is 680. The maximum Gasteiger partial charge on any atom is 0.0464 e. The first kappa shape index (κ1) is 13.7. The second-order valence-electron chi connectivity index (χ2n) is 5.67. The molecule has 2 aromatic rings. The Morgan fingerprint density at radius 3 is 2.33 bits per heavy atom. The van der Waals surface area contributed by atoms with Crippen molar-refractivity contribution in [2.45, 2.75) is 26.7 Å². The number of benzene rings is 2. The number of nitrogens with zero attached hydrogens (tertiary/aromatic N) is 1. The molecular formula is C20H21N. The Kier molecular flexibility index (Phi) is 3.92. The van der Waals surface area contributed by atoms with Crippen molar-refractivity contribution in [1.82, 2.24) is 0 Å². The van der Waals surface area contributed by atoms with Gasteiger partial charge in [-0.3, -0.25) is 0 Å². The third-order valence-corrected chi connectivity index (χ3v) is 3.82. The standard InChI is InChI=1S/C20H21N/c1-16-8-6-12-19(14-16)21(18-10-4-3-5-11-18)20-13-7-9-17(2)15-20/h3-6,8,10-15H,7,9H2,1-2H3. The third kappa shape index (κ3) is 3.08. The first-order valence-corrected chi connectivity index (χ1v) is 7.53. The molecule has 0 saturated heterocycles. The van der Waals surface area contributed by atoms with Crippen LogP contribution in [0.1, 0.15) is 25.3 Å². The molecule has 2 aromatic carbocycles. The molecule has 0 heterocycles. The van der Waals surface area contributed by atoms with Gasteiger partial charge in [0.1, 0.15) is 0 Å². The van der Waals surface area contributed by atoms with Crippen LogP contribution in [0.15, 0.2) is 78.0 Å². The van der Waals surface area contributed by atoms with Crippen LogP contribution in [0.2, 0.25) is 0 Å². The number of para-hydroxylation sites is 1. The van der Waals surface area contributed by atoms with Crippen molar-refractivity contribution in [1.29, 1.82) is 0 Å². The van der Waals surface area contributed by atoms with E-state index in [0.717, 1.165) is 6.42 Å². The van der Waals surface area contributed by atoms with E-state index in [1.807, 2.05) is 0 Å². The van der Waals surface area contributed by atoms with Crippen LogP contribution in [0.4, 0.5) is 11.4 Å². The van der Waals surface area contributed by atoms with Gasteiger partial charge in [0, 0.05) is 17.1 Å². The largest absolute Gasteiger partial charge is 0.311 e. The van der Waals surface area contributed by atoms with E-state index in [1.54, 1.807) is 0 Å².